The first kappa shape index (κ1) is 12.3. The van der Waals surface area contributed by atoms with Crippen molar-refractivity contribution >= 4 is 0 Å². The van der Waals surface area contributed by atoms with Crippen molar-refractivity contribution in [1.29, 1.82) is 0 Å². The number of hydrogen-bond donors (Lipinski definition) is 1. The molecule has 1 aliphatic rings. The lowest BCUT2D eigenvalue weighted by Gasteiger charge is -2.17. The molecule has 0 unspecified atom stereocenters. The highest BCUT2D eigenvalue weighted by atomic mass is 16.5. The van der Waals surface area contributed by atoms with Gasteiger partial charge in [0.25, 0.3) is 0 Å². The molecule has 0 atom stereocenters. The summed E-state index contributed by atoms with van der Waals surface area (Å²) in [6, 6.07) is 3.92. The Kier molecular flexibility index (Phi) is 2.86. The minimum absolute atomic E-state index is 0.428. The molecule has 1 saturated carbocycles. The number of aromatic nitrogens is 3. The topological polar surface area (TPSA) is 77.8 Å². The van der Waals surface area contributed by atoms with Crippen molar-refractivity contribution < 1.29 is 4.52 Å². The fourth-order valence-corrected chi connectivity index (χ4v) is 2.73. The van der Waals surface area contributed by atoms with Crippen LogP contribution in [-0.2, 0) is 5.54 Å². The molecule has 100 valence electrons. The van der Waals surface area contributed by atoms with Gasteiger partial charge >= 0.3 is 0 Å². The van der Waals surface area contributed by atoms with Crippen LogP contribution in [0.2, 0.25) is 0 Å². The average molecular weight is 258 g/mol. The van der Waals surface area contributed by atoms with Gasteiger partial charge in [-0.05, 0) is 38.8 Å². The standard InChI is InChI=1S/C14H18N4O/c1-9-7-11(8-10(2)16-9)12-17-13(19-18-12)14(15)5-3-4-6-14/h7-8H,3-6,15H2,1-2H3. The minimum Gasteiger partial charge on any atom is -0.337 e. The second-order valence-electron chi connectivity index (χ2n) is 5.42. The molecule has 5 nitrogen and oxygen atoms in total. The van der Waals surface area contributed by atoms with Crippen LogP contribution in [0.5, 0.6) is 0 Å². The largest absolute Gasteiger partial charge is 0.337 e. The van der Waals surface area contributed by atoms with Gasteiger partial charge in [-0.2, -0.15) is 4.98 Å². The number of nitrogens with two attached hydrogens (primary N) is 1. The Balaban J connectivity index is 1.96. The van der Waals surface area contributed by atoms with E-state index in [1.54, 1.807) is 0 Å². The molecule has 0 spiro atoms. The molecule has 0 amide bonds. The van der Waals surface area contributed by atoms with E-state index in [1.165, 1.54) is 0 Å². The first-order valence-corrected chi connectivity index (χ1v) is 6.66. The Morgan fingerprint density at radius 3 is 2.37 bits per heavy atom. The monoisotopic (exact) mass is 258 g/mol. The van der Waals surface area contributed by atoms with E-state index in [0.717, 1.165) is 42.6 Å². The lowest BCUT2D eigenvalue weighted by Crippen LogP contribution is -2.33. The van der Waals surface area contributed by atoms with Gasteiger partial charge in [-0.25, -0.2) is 0 Å². The molecular weight excluding hydrogens is 240 g/mol. The van der Waals surface area contributed by atoms with Crippen molar-refractivity contribution in [3.63, 3.8) is 0 Å². The molecule has 0 radical (unpaired) electrons. The molecule has 5 heteroatoms. The number of rotatable bonds is 2. The zero-order valence-electron chi connectivity index (χ0n) is 11.3. The van der Waals surface area contributed by atoms with Crippen LogP contribution in [0, 0.1) is 13.8 Å². The van der Waals surface area contributed by atoms with Gasteiger partial charge in [0.1, 0.15) is 0 Å². The summed E-state index contributed by atoms with van der Waals surface area (Å²) in [5.41, 5.74) is 8.72. The van der Waals surface area contributed by atoms with Gasteiger partial charge in [0.05, 0.1) is 5.54 Å². The second kappa shape index (κ2) is 4.42. The number of nitrogens with zero attached hydrogens (tertiary/aromatic N) is 3. The summed E-state index contributed by atoms with van der Waals surface area (Å²) in [5.74, 6) is 1.16. The quantitative estimate of drug-likeness (QED) is 0.895. The van der Waals surface area contributed by atoms with Crippen LogP contribution >= 0.6 is 0 Å². The van der Waals surface area contributed by atoms with Crippen LogP contribution in [-0.4, -0.2) is 15.1 Å². The first-order valence-electron chi connectivity index (χ1n) is 6.66. The zero-order valence-corrected chi connectivity index (χ0v) is 11.3. The molecule has 0 aliphatic heterocycles. The summed E-state index contributed by atoms with van der Waals surface area (Å²) in [6.07, 6.45) is 4.09. The van der Waals surface area contributed by atoms with Crippen LogP contribution in [0.15, 0.2) is 16.7 Å². The normalized spacial score (nSPS) is 17.8. The third kappa shape index (κ3) is 2.26. The van der Waals surface area contributed by atoms with Gasteiger partial charge in [0.15, 0.2) is 0 Å². The van der Waals surface area contributed by atoms with E-state index >= 15 is 0 Å². The maximum absolute atomic E-state index is 6.32. The zero-order chi connectivity index (χ0) is 13.5. The van der Waals surface area contributed by atoms with Gasteiger partial charge in [0.2, 0.25) is 11.7 Å². The molecule has 2 heterocycles. The van der Waals surface area contributed by atoms with E-state index in [4.69, 9.17) is 10.3 Å². The third-order valence-corrected chi connectivity index (χ3v) is 3.69. The molecule has 2 aromatic heterocycles. The summed E-state index contributed by atoms with van der Waals surface area (Å²) in [6.45, 7) is 3.91. The van der Waals surface area contributed by atoms with Crippen molar-refractivity contribution in [2.24, 2.45) is 5.73 Å². The van der Waals surface area contributed by atoms with Gasteiger partial charge in [-0.3, -0.25) is 4.98 Å². The molecule has 1 aliphatic carbocycles. The lowest BCUT2D eigenvalue weighted by molar-refractivity contribution is 0.285. The van der Waals surface area contributed by atoms with Crippen LogP contribution < -0.4 is 5.73 Å². The van der Waals surface area contributed by atoms with Gasteiger partial charge in [-0.1, -0.05) is 18.0 Å². The number of pyridine rings is 1. The summed E-state index contributed by atoms with van der Waals surface area (Å²) < 4.78 is 5.38. The molecule has 0 saturated heterocycles. The molecule has 3 rings (SSSR count). The number of aryl methyl sites for hydroxylation is 2. The molecule has 1 fully saturated rings. The van der Waals surface area contributed by atoms with Gasteiger partial charge in [-0.15, -0.1) is 0 Å². The number of hydrogen-bond acceptors (Lipinski definition) is 5. The van der Waals surface area contributed by atoms with Crippen LogP contribution in [0.1, 0.15) is 43.0 Å². The Morgan fingerprint density at radius 1 is 1.11 bits per heavy atom. The smallest absolute Gasteiger partial charge is 0.247 e. The van der Waals surface area contributed by atoms with E-state index in [-0.39, 0.29) is 0 Å². The van der Waals surface area contributed by atoms with E-state index in [0.29, 0.717) is 11.7 Å². The molecule has 0 bridgehead atoms. The van der Waals surface area contributed by atoms with Crippen molar-refractivity contribution in [1.82, 2.24) is 15.1 Å². The lowest BCUT2D eigenvalue weighted by atomic mass is 9.99. The van der Waals surface area contributed by atoms with Crippen LogP contribution in [0.3, 0.4) is 0 Å². The maximum Gasteiger partial charge on any atom is 0.247 e. The Labute approximate surface area is 112 Å². The summed E-state index contributed by atoms with van der Waals surface area (Å²) in [7, 11) is 0. The molecule has 0 aromatic carbocycles. The molecule has 2 aromatic rings. The van der Waals surface area contributed by atoms with Gasteiger partial charge < -0.3 is 10.3 Å². The molecule has 2 N–H and O–H groups in total. The Hall–Kier alpha value is -1.75. The van der Waals surface area contributed by atoms with E-state index in [2.05, 4.69) is 15.1 Å². The SMILES string of the molecule is Cc1cc(-c2noc(C3(N)CCCC3)n2)cc(C)n1. The summed E-state index contributed by atoms with van der Waals surface area (Å²) in [4.78, 5) is 8.83. The Bertz CT molecular complexity index is 579. The van der Waals surface area contributed by atoms with Crippen molar-refractivity contribution in [2.45, 2.75) is 45.1 Å². The van der Waals surface area contributed by atoms with Gasteiger partial charge in [0, 0.05) is 17.0 Å². The van der Waals surface area contributed by atoms with E-state index in [9.17, 15) is 0 Å². The summed E-state index contributed by atoms with van der Waals surface area (Å²) >= 11 is 0. The minimum atomic E-state index is -0.428. The van der Waals surface area contributed by atoms with Crippen LogP contribution in [0.25, 0.3) is 11.4 Å². The maximum atomic E-state index is 6.32. The van der Waals surface area contributed by atoms with Crippen molar-refractivity contribution in [2.75, 3.05) is 0 Å². The molecular formula is C14H18N4O. The second-order valence-corrected chi connectivity index (χ2v) is 5.42. The fraction of sp³-hybridized carbons (Fsp3) is 0.500. The highest BCUT2D eigenvalue weighted by Crippen LogP contribution is 2.36. The summed E-state index contributed by atoms with van der Waals surface area (Å²) in [5, 5.41) is 4.06. The Morgan fingerprint density at radius 2 is 1.74 bits per heavy atom. The van der Waals surface area contributed by atoms with Crippen molar-refractivity contribution in [3.05, 3.63) is 29.4 Å². The van der Waals surface area contributed by atoms with E-state index in [1.807, 2.05) is 26.0 Å². The fourth-order valence-electron chi connectivity index (χ4n) is 2.73. The predicted octanol–water partition coefficient (Wildman–Crippen LogP) is 2.48. The van der Waals surface area contributed by atoms with E-state index < -0.39 is 5.54 Å². The third-order valence-electron chi connectivity index (χ3n) is 3.69. The highest BCUT2D eigenvalue weighted by Gasteiger charge is 2.36. The van der Waals surface area contributed by atoms with Crippen LogP contribution in [0.4, 0.5) is 0 Å². The highest BCUT2D eigenvalue weighted by molar-refractivity contribution is 5.55. The molecule has 19 heavy (non-hydrogen) atoms. The average Bonchev–Trinajstić information content (AvgIpc) is 2.96. The van der Waals surface area contributed by atoms with Crippen molar-refractivity contribution in [3.8, 4) is 11.4 Å². The predicted molar refractivity (Wildman–Crippen MR) is 71.3 cm³/mol. The first-order chi connectivity index (χ1) is 9.07.